The summed E-state index contributed by atoms with van der Waals surface area (Å²) in [7, 11) is 0. The number of aromatic amines is 2. The summed E-state index contributed by atoms with van der Waals surface area (Å²) in [5.41, 5.74) is 3.50. The first-order valence-electron chi connectivity index (χ1n) is 10.3. The lowest BCUT2D eigenvalue weighted by Gasteiger charge is -2.31. The number of carboxylic acid groups (broad SMARTS) is 1. The van der Waals surface area contributed by atoms with Gasteiger partial charge in [0.15, 0.2) is 0 Å². The van der Waals surface area contributed by atoms with Crippen LogP contribution >= 0.6 is 0 Å². The van der Waals surface area contributed by atoms with Crippen LogP contribution in [0.1, 0.15) is 16.7 Å². The Labute approximate surface area is 179 Å². The number of para-hydroxylation sites is 2. The van der Waals surface area contributed by atoms with Gasteiger partial charge >= 0.3 is 5.97 Å². The van der Waals surface area contributed by atoms with E-state index in [2.05, 4.69) is 15.3 Å². The minimum atomic E-state index is -1.27. The summed E-state index contributed by atoms with van der Waals surface area (Å²) >= 11 is 0. The Kier molecular flexibility index (Phi) is 4.81. The molecule has 0 aliphatic carbocycles. The van der Waals surface area contributed by atoms with Crippen LogP contribution in [-0.4, -0.2) is 21.0 Å². The topological polar surface area (TPSA) is 80.9 Å². The Morgan fingerprint density at radius 2 is 1.32 bits per heavy atom. The lowest BCUT2D eigenvalue weighted by Crippen LogP contribution is -2.50. The molecular weight excluding hydrogens is 386 g/mol. The summed E-state index contributed by atoms with van der Waals surface area (Å²) in [6.07, 6.45) is 4.18. The fourth-order valence-corrected chi connectivity index (χ4v) is 4.35. The lowest BCUT2D eigenvalue weighted by atomic mass is 9.83. The van der Waals surface area contributed by atoms with Crippen molar-refractivity contribution in [1.82, 2.24) is 15.3 Å². The number of rotatable bonds is 7. The number of carbonyl (C=O) groups is 1. The summed E-state index contributed by atoms with van der Waals surface area (Å²) in [4.78, 5) is 19.4. The van der Waals surface area contributed by atoms with Gasteiger partial charge in [0.05, 0.1) is 0 Å². The van der Waals surface area contributed by atoms with Gasteiger partial charge < -0.3 is 15.1 Å². The van der Waals surface area contributed by atoms with Gasteiger partial charge in [-0.3, -0.25) is 5.32 Å². The van der Waals surface area contributed by atoms with Crippen LogP contribution in [0.2, 0.25) is 0 Å². The molecule has 154 valence electrons. The Balaban J connectivity index is 1.57. The molecule has 5 nitrogen and oxygen atoms in total. The zero-order valence-corrected chi connectivity index (χ0v) is 16.9. The van der Waals surface area contributed by atoms with E-state index in [1.54, 1.807) is 0 Å². The summed E-state index contributed by atoms with van der Waals surface area (Å²) < 4.78 is 0. The number of carboxylic acids is 1. The first kappa shape index (κ1) is 19.2. The minimum Gasteiger partial charge on any atom is -0.480 e. The highest BCUT2D eigenvalue weighted by Crippen LogP contribution is 2.31. The highest BCUT2D eigenvalue weighted by atomic mass is 16.4. The predicted octanol–water partition coefficient (Wildman–Crippen LogP) is 4.96. The molecule has 0 saturated carbocycles. The molecule has 5 aromatic rings. The number of nitrogens with one attached hydrogen (secondary N) is 3. The molecular formula is C26H23N3O2. The van der Waals surface area contributed by atoms with E-state index in [1.807, 2.05) is 91.3 Å². The summed E-state index contributed by atoms with van der Waals surface area (Å²) in [6, 6.07) is 25.5. The van der Waals surface area contributed by atoms with Gasteiger partial charge in [0.1, 0.15) is 5.54 Å². The highest BCUT2D eigenvalue weighted by molar-refractivity contribution is 5.87. The van der Waals surface area contributed by atoms with Gasteiger partial charge in [0, 0.05) is 47.2 Å². The smallest absolute Gasteiger partial charge is 0.328 e. The molecule has 2 aromatic heterocycles. The number of benzene rings is 3. The number of aliphatic carboxylic acids is 1. The number of aromatic nitrogens is 2. The molecule has 0 amide bonds. The third-order valence-corrected chi connectivity index (χ3v) is 6.02. The second kappa shape index (κ2) is 7.78. The van der Waals surface area contributed by atoms with Crippen LogP contribution in [-0.2, 0) is 23.3 Å². The standard InChI is InChI=1S/C26H23N3O2/c30-25(31)26(20-8-2-1-3-9-20,14-18-15-27-23-12-6-4-10-21(18)23)29-17-19-16-28-24-13-7-5-11-22(19)24/h1-13,15-16,27-29H,14,17H2,(H,30,31). The van der Waals surface area contributed by atoms with Gasteiger partial charge in [-0.1, -0.05) is 66.7 Å². The van der Waals surface area contributed by atoms with E-state index in [0.717, 1.165) is 38.5 Å². The van der Waals surface area contributed by atoms with Crippen molar-refractivity contribution in [3.8, 4) is 0 Å². The van der Waals surface area contributed by atoms with E-state index in [4.69, 9.17) is 0 Å². The second-order valence-corrected chi connectivity index (χ2v) is 7.83. The van der Waals surface area contributed by atoms with Gasteiger partial charge in [-0.25, -0.2) is 4.79 Å². The molecule has 0 saturated heterocycles. The summed E-state index contributed by atoms with van der Waals surface area (Å²) in [5, 5.41) is 16.1. The molecule has 4 N–H and O–H groups in total. The van der Waals surface area contributed by atoms with Gasteiger partial charge in [-0.2, -0.15) is 0 Å². The number of H-pyrrole nitrogens is 2. The van der Waals surface area contributed by atoms with E-state index in [9.17, 15) is 9.90 Å². The monoisotopic (exact) mass is 409 g/mol. The largest absolute Gasteiger partial charge is 0.480 e. The second-order valence-electron chi connectivity index (χ2n) is 7.83. The Morgan fingerprint density at radius 3 is 1.97 bits per heavy atom. The van der Waals surface area contributed by atoms with Crippen molar-refractivity contribution in [2.45, 2.75) is 18.5 Å². The zero-order valence-electron chi connectivity index (χ0n) is 16.9. The SMILES string of the molecule is O=C(O)C(Cc1c[nH]c2ccccc12)(NCc1c[nH]c2ccccc12)c1ccccc1. The quantitative estimate of drug-likeness (QED) is 0.307. The molecule has 1 unspecified atom stereocenters. The van der Waals surface area contributed by atoms with Gasteiger partial charge in [0.2, 0.25) is 0 Å². The third-order valence-electron chi connectivity index (χ3n) is 6.02. The highest BCUT2D eigenvalue weighted by Gasteiger charge is 2.40. The van der Waals surface area contributed by atoms with Crippen LogP contribution in [0.3, 0.4) is 0 Å². The fraction of sp³-hybridized carbons (Fsp3) is 0.115. The van der Waals surface area contributed by atoms with E-state index < -0.39 is 11.5 Å². The van der Waals surface area contributed by atoms with Crippen LogP contribution in [0.25, 0.3) is 21.8 Å². The molecule has 3 aromatic carbocycles. The van der Waals surface area contributed by atoms with Crippen LogP contribution < -0.4 is 5.32 Å². The molecule has 31 heavy (non-hydrogen) atoms. The van der Waals surface area contributed by atoms with Crippen molar-refractivity contribution in [3.63, 3.8) is 0 Å². The maximum Gasteiger partial charge on any atom is 0.328 e. The number of hydrogen-bond donors (Lipinski definition) is 4. The van der Waals surface area contributed by atoms with E-state index >= 15 is 0 Å². The molecule has 0 fully saturated rings. The Bertz CT molecular complexity index is 1350. The molecule has 0 radical (unpaired) electrons. The lowest BCUT2D eigenvalue weighted by molar-refractivity contribution is -0.145. The average Bonchev–Trinajstić information content (AvgIpc) is 3.41. The van der Waals surface area contributed by atoms with E-state index in [-0.39, 0.29) is 0 Å². The molecule has 0 aliphatic heterocycles. The molecule has 1 atom stereocenters. The van der Waals surface area contributed by atoms with Crippen LogP contribution in [0.15, 0.2) is 91.3 Å². The maximum atomic E-state index is 12.8. The zero-order chi connectivity index (χ0) is 21.3. The van der Waals surface area contributed by atoms with Crippen molar-refractivity contribution in [3.05, 3.63) is 108 Å². The average molecular weight is 409 g/mol. The predicted molar refractivity (Wildman–Crippen MR) is 123 cm³/mol. The molecule has 5 rings (SSSR count). The molecule has 2 heterocycles. The minimum absolute atomic E-state index is 0.318. The Hall–Kier alpha value is -3.83. The normalized spacial score (nSPS) is 13.4. The first-order chi connectivity index (χ1) is 15.2. The van der Waals surface area contributed by atoms with Gasteiger partial charge in [-0.15, -0.1) is 0 Å². The van der Waals surface area contributed by atoms with E-state index in [1.165, 1.54) is 0 Å². The van der Waals surface area contributed by atoms with Crippen molar-refractivity contribution in [2.24, 2.45) is 0 Å². The molecule has 0 spiro atoms. The number of fused-ring (bicyclic) bond motifs is 2. The first-order valence-corrected chi connectivity index (χ1v) is 10.3. The Morgan fingerprint density at radius 1 is 0.774 bits per heavy atom. The maximum absolute atomic E-state index is 12.8. The van der Waals surface area contributed by atoms with Gasteiger partial charge in [-0.05, 0) is 28.8 Å². The van der Waals surface area contributed by atoms with Crippen LogP contribution in [0.4, 0.5) is 0 Å². The molecule has 0 bridgehead atoms. The van der Waals surface area contributed by atoms with Crippen molar-refractivity contribution in [1.29, 1.82) is 0 Å². The van der Waals surface area contributed by atoms with Crippen LogP contribution in [0, 0.1) is 0 Å². The molecule has 5 heteroatoms. The summed E-state index contributed by atoms with van der Waals surface area (Å²) in [5.74, 6) is -0.899. The number of hydrogen-bond acceptors (Lipinski definition) is 2. The fourth-order valence-electron chi connectivity index (χ4n) is 4.35. The third kappa shape index (κ3) is 3.39. The summed E-state index contributed by atoms with van der Waals surface area (Å²) in [6.45, 7) is 0.424. The van der Waals surface area contributed by atoms with E-state index in [0.29, 0.717) is 13.0 Å². The van der Waals surface area contributed by atoms with Crippen LogP contribution in [0.5, 0.6) is 0 Å². The molecule has 0 aliphatic rings. The van der Waals surface area contributed by atoms with Crippen molar-refractivity contribution >= 4 is 27.8 Å². The van der Waals surface area contributed by atoms with Crippen molar-refractivity contribution in [2.75, 3.05) is 0 Å². The van der Waals surface area contributed by atoms with Crippen molar-refractivity contribution < 1.29 is 9.90 Å². The van der Waals surface area contributed by atoms with Gasteiger partial charge in [0.25, 0.3) is 0 Å².